The molecule has 8 heteroatoms. The molecule has 0 bridgehead atoms. The van der Waals surface area contributed by atoms with E-state index in [1.807, 2.05) is 0 Å². The number of morpholine rings is 1. The molecule has 25 heavy (non-hydrogen) atoms. The van der Waals surface area contributed by atoms with E-state index in [4.69, 9.17) is 4.74 Å². The van der Waals surface area contributed by atoms with E-state index >= 15 is 0 Å². The zero-order chi connectivity index (χ0) is 17.8. The van der Waals surface area contributed by atoms with Crippen LogP contribution in [0.2, 0.25) is 0 Å². The van der Waals surface area contributed by atoms with Crippen LogP contribution in [0, 0.1) is 17.6 Å². The number of hydrogen-bond acceptors (Lipinski definition) is 4. The normalized spacial score (nSPS) is 21.6. The van der Waals surface area contributed by atoms with Gasteiger partial charge in [0, 0.05) is 39.1 Å². The fourth-order valence-electron chi connectivity index (χ4n) is 3.15. The molecule has 1 aromatic rings. The predicted octanol–water partition coefficient (Wildman–Crippen LogP) is 0.766. The van der Waals surface area contributed by atoms with Gasteiger partial charge in [0.15, 0.2) is 0 Å². The second-order valence-electron chi connectivity index (χ2n) is 6.22. The van der Waals surface area contributed by atoms with Gasteiger partial charge in [0.05, 0.1) is 19.1 Å². The van der Waals surface area contributed by atoms with Gasteiger partial charge in [-0.15, -0.1) is 0 Å². The lowest BCUT2D eigenvalue weighted by molar-refractivity contribution is -0.126. The molecule has 1 unspecified atom stereocenters. The standard InChI is InChI=1S/C17H21F2N3O3/c18-13-2-1-3-14(19)16(13)22-11-12(10-15(22)23)17(24)20-4-5-21-6-8-25-9-7-21/h1-3,12H,4-11H2,(H,20,24). The van der Waals surface area contributed by atoms with Gasteiger partial charge in [-0.2, -0.15) is 0 Å². The van der Waals surface area contributed by atoms with Gasteiger partial charge in [-0.05, 0) is 12.1 Å². The van der Waals surface area contributed by atoms with E-state index in [9.17, 15) is 18.4 Å². The largest absolute Gasteiger partial charge is 0.379 e. The predicted molar refractivity (Wildman–Crippen MR) is 87.1 cm³/mol. The first-order valence-corrected chi connectivity index (χ1v) is 8.38. The maximum absolute atomic E-state index is 13.9. The Morgan fingerprint density at radius 2 is 1.92 bits per heavy atom. The number of carbonyl (C=O) groups excluding carboxylic acids is 2. The van der Waals surface area contributed by atoms with E-state index < -0.39 is 23.5 Å². The highest BCUT2D eigenvalue weighted by atomic mass is 19.1. The van der Waals surface area contributed by atoms with Crippen molar-refractivity contribution >= 4 is 17.5 Å². The minimum atomic E-state index is -0.804. The number of ether oxygens (including phenoxy) is 1. The van der Waals surface area contributed by atoms with Crippen molar-refractivity contribution in [1.29, 1.82) is 0 Å². The average Bonchev–Trinajstić information content (AvgIpc) is 2.97. The van der Waals surface area contributed by atoms with Crippen LogP contribution < -0.4 is 10.2 Å². The van der Waals surface area contributed by atoms with Crippen LogP contribution >= 0.6 is 0 Å². The molecule has 1 aromatic carbocycles. The Balaban J connectivity index is 1.54. The van der Waals surface area contributed by atoms with Gasteiger partial charge in [0.1, 0.15) is 17.3 Å². The van der Waals surface area contributed by atoms with Crippen molar-refractivity contribution in [2.45, 2.75) is 6.42 Å². The van der Waals surface area contributed by atoms with Crippen molar-refractivity contribution in [3.05, 3.63) is 29.8 Å². The first-order valence-electron chi connectivity index (χ1n) is 8.38. The molecule has 2 saturated heterocycles. The Morgan fingerprint density at radius 1 is 1.24 bits per heavy atom. The molecule has 0 radical (unpaired) electrons. The Kier molecular flexibility index (Phi) is 5.60. The number of amides is 2. The maximum atomic E-state index is 13.9. The lowest BCUT2D eigenvalue weighted by Crippen LogP contribution is -2.42. The van der Waals surface area contributed by atoms with Gasteiger partial charge >= 0.3 is 0 Å². The molecular weight excluding hydrogens is 332 g/mol. The fourth-order valence-corrected chi connectivity index (χ4v) is 3.15. The van der Waals surface area contributed by atoms with Gasteiger partial charge in [0.25, 0.3) is 0 Å². The molecule has 136 valence electrons. The maximum Gasteiger partial charge on any atom is 0.228 e. The smallest absolute Gasteiger partial charge is 0.228 e. The minimum Gasteiger partial charge on any atom is -0.379 e. The number of hydrogen-bond donors (Lipinski definition) is 1. The Labute approximate surface area is 144 Å². The Hall–Kier alpha value is -2.06. The number of rotatable bonds is 5. The van der Waals surface area contributed by atoms with E-state index in [-0.39, 0.29) is 24.6 Å². The highest BCUT2D eigenvalue weighted by Gasteiger charge is 2.37. The molecule has 6 nitrogen and oxygen atoms in total. The van der Waals surface area contributed by atoms with Crippen LogP contribution in [-0.2, 0) is 14.3 Å². The summed E-state index contributed by atoms with van der Waals surface area (Å²) < 4.78 is 33.0. The SMILES string of the molecule is O=C(NCCN1CCOCC1)C1CC(=O)N(c2c(F)cccc2F)C1. The quantitative estimate of drug-likeness (QED) is 0.849. The number of nitrogens with zero attached hydrogens (tertiary/aromatic N) is 2. The van der Waals surface area contributed by atoms with Gasteiger partial charge in [-0.3, -0.25) is 14.5 Å². The lowest BCUT2D eigenvalue weighted by atomic mass is 10.1. The molecule has 3 rings (SSSR count). The molecule has 0 aliphatic carbocycles. The molecule has 1 atom stereocenters. The van der Waals surface area contributed by atoms with Crippen LogP contribution in [0.1, 0.15) is 6.42 Å². The summed E-state index contributed by atoms with van der Waals surface area (Å²) in [6, 6.07) is 3.44. The van der Waals surface area contributed by atoms with Gasteiger partial charge in [-0.1, -0.05) is 6.07 Å². The number of halogens is 2. The highest BCUT2D eigenvalue weighted by Crippen LogP contribution is 2.29. The van der Waals surface area contributed by atoms with Crippen molar-refractivity contribution in [3.63, 3.8) is 0 Å². The zero-order valence-electron chi connectivity index (χ0n) is 13.8. The summed E-state index contributed by atoms with van der Waals surface area (Å²) in [5.41, 5.74) is -0.379. The third kappa shape index (κ3) is 4.13. The summed E-state index contributed by atoms with van der Waals surface area (Å²) >= 11 is 0. The van der Waals surface area contributed by atoms with Crippen molar-refractivity contribution in [2.24, 2.45) is 5.92 Å². The van der Waals surface area contributed by atoms with Gasteiger partial charge in [0.2, 0.25) is 11.8 Å². The van der Waals surface area contributed by atoms with E-state index in [1.165, 1.54) is 6.07 Å². The van der Waals surface area contributed by atoms with Crippen molar-refractivity contribution < 1.29 is 23.1 Å². The van der Waals surface area contributed by atoms with E-state index in [2.05, 4.69) is 10.2 Å². The molecule has 2 aliphatic heterocycles. The van der Waals surface area contributed by atoms with E-state index in [0.29, 0.717) is 26.3 Å². The molecule has 2 heterocycles. The van der Waals surface area contributed by atoms with Crippen LogP contribution in [-0.4, -0.2) is 62.7 Å². The first kappa shape index (κ1) is 17.8. The van der Waals surface area contributed by atoms with Crippen molar-refractivity contribution in [3.8, 4) is 0 Å². The summed E-state index contributed by atoms with van der Waals surface area (Å²) in [6.07, 6.45) is -0.0445. The first-order chi connectivity index (χ1) is 12.1. The number of carbonyl (C=O) groups is 2. The summed E-state index contributed by atoms with van der Waals surface area (Å²) in [5, 5.41) is 2.81. The lowest BCUT2D eigenvalue weighted by Gasteiger charge is -2.26. The minimum absolute atomic E-state index is 0.0138. The molecule has 1 N–H and O–H groups in total. The highest BCUT2D eigenvalue weighted by molar-refractivity contribution is 6.00. The van der Waals surface area contributed by atoms with Crippen LogP contribution in [0.4, 0.5) is 14.5 Å². The molecule has 0 spiro atoms. The summed E-state index contributed by atoms with van der Waals surface area (Å²) in [6.45, 7) is 4.21. The fraction of sp³-hybridized carbons (Fsp3) is 0.529. The number of anilines is 1. The molecule has 2 fully saturated rings. The second kappa shape index (κ2) is 7.88. The third-order valence-electron chi connectivity index (χ3n) is 4.53. The monoisotopic (exact) mass is 353 g/mol. The molecule has 0 saturated carbocycles. The van der Waals surface area contributed by atoms with Crippen LogP contribution in [0.25, 0.3) is 0 Å². The third-order valence-corrected chi connectivity index (χ3v) is 4.53. The topological polar surface area (TPSA) is 61.9 Å². The summed E-state index contributed by atoms with van der Waals surface area (Å²) in [7, 11) is 0. The Morgan fingerprint density at radius 3 is 2.60 bits per heavy atom. The number of benzene rings is 1. The van der Waals surface area contributed by atoms with Crippen LogP contribution in [0.5, 0.6) is 0 Å². The molecule has 2 amide bonds. The van der Waals surface area contributed by atoms with Gasteiger partial charge in [-0.25, -0.2) is 8.78 Å². The van der Waals surface area contributed by atoms with Crippen LogP contribution in [0.15, 0.2) is 18.2 Å². The average molecular weight is 353 g/mol. The van der Waals surface area contributed by atoms with E-state index in [0.717, 1.165) is 30.1 Å². The van der Waals surface area contributed by atoms with Gasteiger partial charge < -0.3 is 15.0 Å². The molecular formula is C17H21F2N3O3. The van der Waals surface area contributed by atoms with E-state index in [1.54, 1.807) is 0 Å². The number of para-hydroxylation sites is 1. The summed E-state index contributed by atoms with van der Waals surface area (Å²) in [4.78, 5) is 27.6. The second-order valence-corrected chi connectivity index (χ2v) is 6.22. The van der Waals surface area contributed by atoms with Crippen LogP contribution in [0.3, 0.4) is 0 Å². The van der Waals surface area contributed by atoms with Crippen molar-refractivity contribution in [2.75, 3.05) is 50.8 Å². The Bertz CT molecular complexity index is 630. The number of nitrogens with one attached hydrogen (secondary N) is 1. The van der Waals surface area contributed by atoms with Crippen molar-refractivity contribution in [1.82, 2.24) is 10.2 Å². The zero-order valence-corrected chi connectivity index (χ0v) is 13.8. The molecule has 0 aromatic heterocycles. The molecule has 2 aliphatic rings. The summed E-state index contributed by atoms with van der Waals surface area (Å²) in [5.74, 6) is -2.92.